The zero-order valence-electron chi connectivity index (χ0n) is 13.1. The molecule has 128 valence electrons. The van der Waals surface area contributed by atoms with Gasteiger partial charge < -0.3 is 9.84 Å². The Kier molecular flexibility index (Phi) is 6.08. The van der Waals surface area contributed by atoms with Crippen LogP contribution in [0, 0.1) is 17.1 Å². The van der Waals surface area contributed by atoms with Gasteiger partial charge in [-0.25, -0.2) is 9.82 Å². The molecule has 0 saturated carbocycles. The minimum atomic E-state index is -0.808. The highest BCUT2D eigenvalue weighted by Crippen LogP contribution is 2.35. The number of hydrazone groups is 1. The highest BCUT2D eigenvalue weighted by atomic mass is 79.9. The Morgan fingerprint density at radius 3 is 2.88 bits per heavy atom. The molecular weight excluding hydrogens is 393 g/mol. The van der Waals surface area contributed by atoms with E-state index in [2.05, 4.69) is 26.5 Å². The lowest BCUT2D eigenvalue weighted by atomic mass is 10.1. The van der Waals surface area contributed by atoms with Crippen LogP contribution in [-0.2, 0) is 0 Å². The summed E-state index contributed by atoms with van der Waals surface area (Å²) in [5.41, 5.74) is 2.65. The Bertz CT molecular complexity index is 878. The summed E-state index contributed by atoms with van der Waals surface area (Å²) < 4.78 is 19.5. The van der Waals surface area contributed by atoms with Gasteiger partial charge in [0.25, 0.3) is 5.91 Å². The van der Waals surface area contributed by atoms with Crippen LogP contribution in [-0.4, -0.2) is 23.8 Å². The Labute approximate surface area is 151 Å². The second-order valence-corrected chi connectivity index (χ2v) is 5.64. The van der Waals surface area contributed by atoms with Gasteiger partial charge in [-0.2, -0.15) is 10.4 Å². The van der Waals surface area contributed by atoms with Gasteiger partial charge in [-0.05, 0) is 58.7 Å². The predicted octanol–water partition coefficient (Wildman–Crippen LogP) is 3.33. The van der Waals surface area contributed by atoms with Crippen molar-refractivity contribution in [3.05, 3.63) is 57.3 Å². The monoisotopic (exact) mass is 405 g/mol. The maximum absolute atomic E-state index is 13.8. The van der Waals surface area contributed by atoms with Gasteiger partial charge in [0.2, 0.25) is 0 Å². The Balaban J connectivity index is 2.13. The molecule has 0 heterocycles. The van der Waals surface area contributed by atoms with E-state index in [0.29, 0.717) is 16.6 Å². The number of halogens is 2. The van der Waals surface area contributed by atoms with E-state index in [0.717, 1.165) is 6.07 Å². The molecule has 0 aliphatic rings. The molecule has 0 bridgehead atoms. The second-order valence-electron chi connectivity index (χ2n) is 4.79. The molecule has 0 unspecified atom stereocenters. The number of aromatic hydroxyl groups is 1. The smallest absolute Gasteiger partial charge is 0.274 e. The van der Waals surface area contributed by atoms with Gasteiger partial charge in [0.15, 0.2) is 11.5 Å². The summed E-state index contributed by atoms with van der Waals surface area (Å²) in [6.07, 6.45) is 1.33. The number of nitriles is 1. The van der Waals surface area contributed by atoms with Crippen LogP contribution in [0.1, 0.15) is 28.4 Å². The van der Waals surface area contributed by atoms with Crippen LogP contribution in [0.5, 0.6) is 11.5 Å². The van der Waals surface area contributed by atoms with Gasteiger partial charge >= 0.3 is 0 Å². The average molecular weight is 406 g/mol. The van der Waals surface area contributed by atoms with Crippen molar-refractivity contribution in [2.75, 3.05) is 6.61 Å². The third-order valence-electron chi connectivity index (χ3n) is 3.07. The van der Waals surface area contributed by atoms with Crippen molar-refractivity contribution in [2.45, 2.75) is 6.92 Å². The minimum absolute atomic E-state index is 0.0392. The molecule has 0 fully saturated rings. The first kappa shape index (κ1) is 18.4. The van der Waals surface area contributed by atoms with Crippen molar-refractivity contribution in [3.63, 3.8) is 0 Å². The number of phenols is 1. The van der Waals surface area contributed by atoms with Gasteiger partial charge in [-0.3, -0.25) is 4.79 Å². The number of carbonyl (C=O) groups excluding carboxylic acids is 1. The van der Waals surface area contributed by atoms with E-state index in [1.807, 2.05) is 0 Å². The van der Waals surface area contributed by atoms with Crippen molar-refractivity contribution >= 4 is 28.1 Å². The second kappa shape index (κ2) is 8.26. The summed E-state index contributed by atoms with van der Waals surface area (Å²) >= 11 is 3.19. The van der Waals surface area contributed by atoms with Crippen molar-refractivity contribution in [2.24, 2.45) is 5.10 Å². The van der Waals surface area contributed by atoms with Crippen molar-refractivity contribution < 1.29 is 19.0 Å². The Morgan fingerprint density at radius 2 is 2.24 bits per heavy atom. The molecule has 0 spiro atoms. The number of phenolic OH excluding ortho intramolecular Hbond substituents is 1. The lowest BCUT2D eigenvalue weighted by Gasteiger charge is -2.08. The first-order chi connectivity index (χ1) is 12.0. The van der Waals surface area contributed by atoms with Crippen LogP contribution in [0.2, 0.25) is 0 Å². The molecule has 25 heavy (non-hydrogen) atoms. The molecule has 0 aliphatic carbocycles. The average Bonchev–Trinajstić information content (AvgIpc) is 2.59. The molecular formula is C17H13BrFN3O3. The van der Waals surface area contributed by atoms with Crippen LogP contribution in [0.25, 0.3) is 0 Å². The summed E-state index contributed by atoms with van der Waals surface area (Å²) in [6, 6.07) is 8.44. The third kappa shape index (κ3) is 4.55. The van der Waals surface area contributed by atoms with Gasteiger partial charge in [-0.15, -0.1) is 0 Å². The zero-order valence-corrected chi connectivity index (χ0v) is 14.7. The largest absolute Gasteiger partial charge is 0.503 e. The molecule has 1 amide bonds. The maximum Gasteiger partial charge on any atom is 0.274 e. The van der Waals surface area contributed by atoms with Crippen LogP contribution < -0.4 is 10.2 Å². The lowest BCUT2D eigenvalue weighted by Crippen LogP contribution is -2.19. The summed E-state index contributed by atoms with van der Waals surface area (Å²) in [6.45, 7) is 2.15. The number of hydrogen-bond acceptors (Lipinski definition) is 5. The van der Waals surface area contributed by atoms with Crippen LogP contribution >= 0.6 is 15.9 Å². The van der Waals surface area contributed by atoms with Gasteiger partial charge in [-0.1, -0.05) is 0 Å². The summed E-state index contributed by atoms with van der Waals surface area (Å²) in [4.78, 5) is 11.9. The van der Waals surface area contributed by atoms with E-state index in [1.54, 1.807) is 25.1 Å². The normalized spacial score (nSPS) is 10.5. The summed E-state index contributed by atoms with van der Waals surface area (Å²) in [5, 5.41) is 22.3. The molecule has 2 N–H and O–H groups in total. The van der Waals surface area contributed by atoms with Crippen molar-refractivity contribution in [1.29, 1.82) is 5.26 Å². The Hall–Kier alpha value is -2.92. The van der Waals surface area contributed by atoms with Crippen LogP contribution in [0.3, 0.4) is 0 Å². The fourth-order valence-electron chi connectivity index (χ4n) is 1.93. The van der Waals surface area contributed by atoms with E-state index in [4.69, 9.17) is 10.00 Å². The number of carbonyl (C=O) groups is 1. The van der Waals surface area contributed by atoms with Gasteiger partial charge in [0, 0.05) is 0 Å². The van der Waals surface area contributed by atoms with E-state index in [-0.39, 0.29) is 22.6 Å². The molecule has 2 aromatic carbocycles. The molecule has 2 rings (SSSR count). The van der Waals surface area contributed by atoms with Crippen LogP contribution in [0.4, 0.5) is 4.39 Å². The Morgan fingerprint density at radius 1 is 1.48 bits per heavy atom. The fraction of sp³-hybridized carbons (Fsp3) is 0.118. The summed E-state index contributed by atoms with van der Waals surface area (Å²) in [7, 11) is 0. The molecule has 6 nitrogen and oxygen atoms in total. The zero-order chi connectivity index (χ0) is 18.4. The lowest BCUT2D eigenvalue weighted by molar-refractivity contribution is 0.0951. The minimum Gasteiger partial charge on any atom is -0.503 e. The van der Waals surface area contributed by atoms with E-state index in [1.165, 1.54) is 18.3 Å². The highest BCUT2D eigenvalue weighted by molar-refractivity contribution is 9.10. The van der Waals surface area contributed by atoms with E-state index < -0.39 is 11.7 Å². The number of nitrogens with one attached hydrogen (secondary N) is 1. The number of ether oxygens (including phenoxy) is 1. The van der Waals surface area contributed by atoms with Gasteiger partial charge in [0.05, 0.1) is 34.5 Å². The first-order valence-electron chi connectivity index (χ1n) is 7.14. The molecule has 8 heteroatoms. The summed E-state index contributed by atoms with van der Waals surface area (Å²) in [5.74, 6) is -1.33. The number of rotatable bonds is 5. The molecule has 0 aliphatic heterocycles. The highest BCUT2D eigenvalue weighted by Gasteiger charge is 2.12. The number of hydrogen-bond donors (Lipinski definition) is 2. The number of amides is 1. The number of benzene rings is 2. The quantitative estimate of drug-likeness (QED) is 0.588. The molecule has 0 atom stereocenters. The predicted molar refractivity (Wildman–Crippen MR) is 93.2 cm³/mol. The van der Waals surface area contributed by atoms with Crippen molar-refractivity contribution in [1.82, 2.24) is 5.43 Å². The van der Waals surface area contributed by atoms with Crippen molar-refractivity contribution in [3.8, 4) is 17.6 Å². The van der Waals surface area contributed by atoms with Crippen LogP contribution in [0.15, 0.2) is 39.9 Å². The standard InChI is InChI=1S/C17H13BrFN3O3/c1-2-25-15-7-11(5-13(18)16(15)23)9-21-22-17(24)12-4-3-10(8-20)6-14(12)19/h3-7,9,23H,2H2,1H3,(H,22,24)/b21-9-. The SMILES string of the molecule is CCOc1cc(/C=N\NC(=O)c2ccc(C#N)cc2F)cc(Br)c1O. The number of nitrogens with zero attached hydrogens (tertiary/aromatic N) is 2. The maximum atomic E-state index is 13.8. The molecule has 2 aromatic rings. The molecule has 0 radical (unpaired) electrons. The van der Waals surface area contributed by atoms with E-state index in [9.17, 15) is 14.3 Å². The fourth-order valence-corrected chi connectivity index (χ4v) is 2.39. The molecule has 0 saturated heterocycles. The van der Waals surface area contributed by atoms with Gasteiger partial charge in [0.1, 0.15) is 5.82 Å². The third-order valence-corrected chi connectivity index (χ3v) is 3.68. The van der Waals surface area contributed by atoms with E-state index >= 15 is 0 Å². The molecule has 0 aromatic heterocycles. The first-order valence-corrected chi connectivity index (χ1v) is 7.94. The topological polar surface area (TPSA) is 94.7 Å².